The molecule has 0 amide bonds. The molecule has 0 saturated carbocycles. The summed E-state index contributed by atoms with van der Waals surface area (Å²) in [4.78, 5) is 9.07. The van der Waals surface area contributed by atoms with E-state index in [9.17, 15) is 0 Å². The molecule has 3 aromatic heterocycles. The van der Waals surface area contributed by atoms with Crippen molar-refractivity contribution in [2.24, 2.45) is 0 Å². The van der Waals surface area contributed by atoms with Crippen molar-refractivity contribution in [3.63, 3.8) is 0 Å². The molecule has 0 saturated heterocycles. The maximum atomic E-state index is 6.37. The number of hydrogen-bond donors (Lipinski definition) is 0. The monoisotopic (exact) mass is 373 g/mol. The molecule has 0 N–H and O–H groups in total. The highest BCUT2D eigenvalue weighted by Gasteiger charge is 2.16. The molecule has 0 aromatic carbocycles. The molecule has 0 unspecified atom stereocenters. The van der Waals surface area contributed by atoms with Crippen LogP contribution in [0.3, 0.4) is 0 Å². The quantitative estimate of drug-likeness (QED) is 0.430. The molecule has 3 heterocycles. The minimum Gasteiger partial charge on any atom is -0.361 e. The number of aryl methyl sites for hydroxylation is 1. The second-order valence-electron chi connectivity index (χ2n) is 7.56. The lowest BCUT2D eigenvalue weighted by molar-refractivity contribution is 0.0909. The summed E-state index contributed by atoms with van der Waals surface area (Å²) in [5.74, 6) is 0. The van der Waals surface area contributed by atoms with E-state index in [2.05, 4.69) is 40.2 Å². The van der Waals surface area contributed by atoms with E-state index in [0.717, 1.165) is 40.6 Å². The van der Waals surface area contributed by atoms with Crippen molar-refractivity contribution in [1.29, 1.82) is 0 Å². The third-order valence-corrected chi connectivity index (χ3v) is 6.17. The van der Waals surface area contributed by atoms with Crippen LogP contribution in [-0.4, -0.2) is 29.2 Å². The molecule has 0 atom stereocenters. The summed E-state index contributed by atoms with van der Waals surface area (Å²) < 4.78 is 8.03. The van der Waals surface area contributed by atoms with Crippen molar-refractivity contribution in [1.82, 2.24) is 14.5 Å². The molecule has 0 radical (unpaired) electrons. The lowest BCUT2D eigenvalue weighted by Crippen LogP contribution is -2.22. The second kappa shape index (κ2) is 7.28. The molecule has 0 aliphatic heterocycles. The van der Waals surface area contributed by atoms with Gasteiger partial charge >= 0.3 is 0 Å². The first-order valence-corrected chi connectivity index (χ1v) is 12.6. The van der Waals surface area contributed by atoms with Crippen molar-refractivity contribution in [3.05, 3.63) is 47.2 Å². The Morgan fingerprint density at radius 3 is 2.64 bits per heavy atom. The van der Waals surface area contributed by atoms with Crippen molar-refractivity contribution < 1.29 is 4.74 Å². The van der Waals surface area contributed by atoms with Gasteiger partial charge in [0.2, 0.25) is 0 Å². The number of aromatic nitrogens is 3. The third-order valence-electron chi connectivity index (χ3n) is 4.13. The smallest absolute Gasteiger partial charge is 0.143 e. The number of fused-ring (bicyclic) bond motifs is 1. The largest absolute Gasteiger partial charge is 0.361 e. The molecule has 0 aliphatic carbocycles. The van der Waals surface area contributed by atoms with Gasteiger partial charge in [0.15, 0.2) is 0 Å². The predicted octanol–water partition coefficient (Wildman–Crippen LogP) is 5.37. The molecule has 0 fully saturated rings. The Bertz CT molecular complexity index is 869. The van der Waals surface area contributed by atoms with Gasteiger partial charge in [-0.1, -0.05) is 37.3 Å². The molecule has 25 heavy (non-hydrogen) atoms. The molecular weight excluding hydrogens is 350 g/mol. The zero-order chi connectivity index (χ0) is 18.0. The molecular formula is C19H24ClN3OSi. The van der Waals surface area contributed by atoms with Crippen LogP contribution in [0.15, 0.2) is 36.7 Å². The van der Waals surface area contributed by atoms with Gasteiger partial charge in [-0.05, 0) is 36.7 Å². The van der Waals surface area contributed by atoms with Crippen molar-refractivity contribution in [2.45, 2.75) is 39.3 Å². The fraction of sp³-hybridized carbons (Fsp3) is 0.368. The lowest BCUT2D eigenvalue weighted by Gasteiger charge is -2.16. The van der Waals surface area contributed by atoms with E-state index in [1.807, 2.05) is 31.3 Å². The number of pyridine rings is 2. The molecule has 0 bridgehead atoms. The summed E-state index contributed by atoms with van der Waals surface area (Å²) in [6, 6.07) is 9.08. The van der Waals surface area contributed by atoms with E-state index in [-0.39, 0.29) is 0 Å². The van der Waals surface area contributed by atoms with Gasteiger partial charge in [0, 0.05) is 32.5 Å². The Kier molecular flexibility index (Phi) is 5.27. The Labute approximate surface area is 154 Å². The van der Waals surface area contributed by atoms with Crippen LogP contribution < -0.4 is 0 Å². The molecule has 3 rings (SSSR count). The Hall–Kier alpha value is -1.69. The van der Waals surface area contributed by atoms with Crippen LogP contribution in [0.2, 0.25) is 30.7 Å². The van der Waals surface area contributed by atoms with Gasteiger partial charge < -0.3 is 4.74 Å². The molecule has 3 aromatic rings. The molecule has 132 valence electrons. The summed E-state index contributed by atoms with van der Waals surface area (Å²) in [5.41, 5.74) is 3.84. The van der Waals surface area contributed by atoms with Crippen molar-refractivity contribution in [3.8, 4) is 11.4 Å². The van der Waals surface area contributed by atoms with Gasteiger partial charge in [-0.25, -0.2) is 4.98 Å². The number of ether oxygens (including phenoxy) is 1. The minimum atomic E-state index is -1.11. The van der Waals surface area contributed by atoms with Gasteiger partial charge in [0.05, 0.1) is 16.4 Å². The van der Waals surface area contributed by atoms with E-state index in [1.165, 1.54) is 0 Å². The van der Waals surface area contributed by atoms with Crippen LogP contribution in [0.4, 0.5) is 0 Å². The van der Waals surface area contributed by atoms with Crippen LogP contribution in [0.5, 0.6) is 0 Å². The summed E-state index contributed by atoms with van der Waals surface area (Å²) in [6.45, 7) is 10.3. The summed E-state index contributed by atoms with van der Waals surface area (Å²) in [5, 5.41) is 1.62. The Balaban J connectivity index is 1.95. The van der Waals surface area contributed by atoms with Crippen LogP contribution in [-0.2, 0) is 11.5 Å². The highest BCUT2D eigenvalue weighted by atomic mass is 35.5. The van der Waals surface area contributed by atoms with E-state index >= 15 is 0 Å². The number of nitrogens with zero attached hydrogens (tertiary/aromatic N) is 3. The molecule has 0 aliphatic rings. The first kappa shape index (κ1) is 18.1. The van der Waals surface area contributed by atoms with E-state index < -0.39 is 8.07 Å². The summed E-state index contributed by atoms with van der Waals surface area (Å²) >= 11 is 6.37. The van der Waals surface area contributed by atoms with Crippen LogP contribution in [0, 0.1) is 6.92 Å². The zero-order valence-electron chi connectivity index (χ0n) is 15.2. The van der Waals surface area contributed by atoms with Gasteiger partial charge in [-0.2, -0.15) is 0 Å². The van der Waals surface area contributed by atoms with E-state index in [0.29, 0.717) is 11.8 Å². The maximum absolute atomic E-state index is 6.37. The van der Waals surface area contributed by atoms with E-state index in [1.54, 1.807) is 6.20 Å². The normalized spacial score (nSPS) is 12.0. The molecule has 0 spiro atoms. The highest BCUT2D eigenvalue weighted by Crippen LogP contribution is 2.30. The predicted molar refractivity (Wildman–Crippen MR) is 107 cm³/mol. The van der Waals surface area contributed by atoms with Gasteiger partial charge in [0.25, 0.3) is 0 Å². The Morgan fingerprint density at radius 1 is 1.16 bits per heavy atom. The number of rotatable bonds is 6. The summed E-state index contributed by atoms with van der Waals surface area (Å²) in [7, 11) is -1.11. The topological polar surface area (TPSA) is 39.9 Å². The molecule has 6 heteroatoms. The average molecular weight is 374 g/mol. The second-order valence-corrected chi connectivity index (χ2v) is 13.6. The van der Waals surface area contributed by atoms with E-state index in [4.69, 9.17) is 16.3 Å². The number of hydrogen-bond acceptors (Lipinski definition) is 3. The van der Waals surface area contributed by atoms with Crippen LogP contribution >= 0.6 is 11.6 Å². The SMILES string of the molecule is Cc1ccc(-c2cc3c(Cl)ccnc3n2COCC[Si](C)(C)C)nc1. The Morgan fingerprint density at radius 2 is 1.96 bits per heavy atom. The number of halogens is 1. The van der Waals surface area contributed by atoms with Crippen LogP contribution in [0.1, 0.15) is 5.56 Å². The first-order chi connectivity index (χ1) is 11.8. The van der Waals surface area contributed by atoms with Crippen LogP contribution in [0.25, 0.3) is 22.4 Å². The highest BCUT2D eigenvalue weighted by molar-refractivity contribution is 6.76. The van der Waals surface area contributed by atoms with Crippen molar-refractivity contribution >= 4 is 30.7 Å². The lowest BCUT2D eigenvalue weighted by atomic mass is 10.2. The van der Waals surface area contributed by atoms with Gasteiger partial charge in [-0.3, -0.25) is 9.55 Å². The summed E-state index contributed by atoms with van der Waals surface area (Å²) in [6.07, 6.45) is 3.61. The van der Waals surface area contributed by atoms with Gasteiger partial charge in [-0.15, -0.1) is 0 Å². The van der Waals surface area contributed by atoms with Gasteiger partial charge in [0.1, 0.15) is 12.4 Å². The standard InChI is InChI=1S/C19H24ClN3OSi/c1-14-5-6-17(22-12-14)18-11-15-16(20)7-8-21-19(15)23(18)13-24-9-10-25(2,3)4/h5-8,11-12H,9-10,13H2,1-4H3. The maximum Gasteiger partial charge on any atom is 0.143 e. The van der Waals surface area contributed by atoms with Crippen molar-refractivity contribution in [2.75, 3.05) is 6.61 Å². The molecule has 4 nitrogen and oxygen atoms in total. The third kappa shape index (κ3) is 4.29. The average Bonchev–Trinajstić information content (AvgIpc) is 2.92. The zero-order valence-corrected chi connectivity index (χ0v) is 17.0. The fourth-order valence-electron chi connectivity index (χ4n) is 2.61. The first-order valence-electron chi connectivity index (χ1n) is 8.50. The fourth-order valence-corrected chi connectivity index (χ4v) is 3.57. The minimum absolute atomic E-state index is 0.451.